The molecule has 1 aromatic heterocycles. The van der Waals surface area contributed by atoms with Gasteiger partial charge in [-0.05, 0) is 64.3 Å². The molecule has 1 saturated heterocycles. The van der Waals surface area contributed by atoms with Gasteiger partial charge in [-0.3, -0.25) is 9.88 Å². The van der Waals surface area contributed by atoms with Gasteiger partial charge in [0.15, 0.2) is 0 Å². The summed E-state index contributed by atoms with van der Waals surface area (Å²) in [6.45, 7) is 15.5. The zero-order valence-electron chi connectivity index (χ0n) is 14.4. The van der Waals surface area contributed by atoms with Gasteiger partial charge in [0.2, 0.25) is 0 Å². The molecule has 1 fully saturated rings. The number of piperidine rings is 1. The Morgan fingerprint density at radius 1 is 1.14 bits per heavy atom. The molecule has 0 bridgehead atoms. The van der Waals surface area contributed by atoms with E-state index in [-0.39, 0.29) is 5.54 Å². The molecule has 3 heteroatoms. The first kappa shape index (κ1) is 16.4. The minimum absolute atomic E-state index is 0.135. The Kier molecular flexibility index (Phi) is 5.05. The summed E-state index contributed by atoms with van der Waals surface area (Å²) in [4.78, 5) is 7.34. The van der Waals surface area contributed by atoms with Gasteiger partial charge in [-0.1, -0.05) is 19.9 Å². The van der Waals surface area contributed by atoms with Crippen molar-refractivity contribution in [1.82, 2.24) is 15.2 Å². The lowest BCUT2D eigenvalue weighted by atomic mass is 9.83. The van der Waals surface area contributed by atoms with Crippen molar-refractivity contribution >= 4 is 0 Å². The van der Waals surface area contributed by atoms with Gasteiger partial charge < -0.3 is 5.32 Å². The maximum Gasteiger partial charge on any atom is 0.0547 e. The summed E-state index contributed by atoms with van der Waals surface area (Å²) >= 11 is 0. The second-order valence-electron chi connectivity index (χ2n) is 8.16. The number of aromatic nitrogens is 1. The van der Waals surface area contributed by atoms with Crippen molar-refractivity contribution < 1.29 is 0 Å². The molecule has 1 aromatic rings. The number of hydrogen-bond donors (Lipinski definition) is 1. The van der Waals surface area contributed by atoms with E-state index in [9.17, 15) is 0 Å². The molecule has 118 valence electrons. The molecule has 0 saturated carbocycles. The summed E-state index contributed by atoms with van der Waals surface area (Å²) in [5.41, 5.74) is 2.99. The summed E-state index contributed by atoms with van der Waals surface area (Å²) in [7, 11) is 0. The third-order valence-electron chi connectivity index (χ3n) is 4.26. The van der Waals surface area contributed by atoms with Gasteiger partial charge in [-0.25, -0.2) is 0 Å². The summed E-state index contributed by atoms with van der Waals surface area (Å²) in [5, 5.41) is 3.50. The predicted molar refractivity (Wildman–Crippen MR) is 89.1 cm³/mol. The molecule has 2 heterocycles. The largest absolute Gasteiger partial charge is 0.306 e. The minimum atomic E-state index is 0.135. The maximum absolute atomic E-state index is 4.80. The molecule has 0 aliphatic carbocycles. The number of likely N-dealkylation sites (tertiary alicyclic amines) is 1. The Labute approximate surface area is 130 Å². The summed E-state index contributed by atoms with van der Waals surface area (Å²) < 4.78 is 0. The fourth-order valence-corrected chi connectivity index (χ4v) is 2.62. The van der Waals surface area contributed by atoms with Gasteiger partial charge in [0.1, 0.15) is 0 Å². The monoisotopic (exact) mass is 289 g/mol. The topological polar surface area (TPSA) is 28.2 Å². The Balaban J connectivity index is 1.89. The molecule has 2 rings (SSSR count). The molecule has 0 atom stereocenters. The lowest BCUT2D eigenvalue weighted by molar-refractivity contribution is 0.126. The molecule has 0 amide bonds. The van der Waals surface area contributed by atoms with Crippen LogP contribution in [-0.4, -0.2) is 28.5 Å². The Morgan fingerprint density at radius 2 is 1.76 bits per heavy atom. The van der Waals surface area contributed by atoms with Crippen molar-refractivity contribution in [3.63, 3.8) is 0 Å². The molecule has 1 N–H and O–H groups in total. The highest BCUT2D eigenvalue weighted by Crippen LogP contribution is 2.30. The van der Waals surface area contributed by atoms with E-state index in [1.807, 2.05) is 0 Å². The van der Waals surface area contributed by atoms with Crippen LogP contribution in [0.5, 0.6) is 0 Å². The van der Waals surface area contributed by atoms with Crippen LogP contribution >= 0.6 is 0 Å². The summed E-state index contributed by atoms with van der Waals surface area (Å²) in [6, 6.07) is 6.40. The molecular weight excluding hydrogens is 258 g/mol. The summed E-state index contributed by atoms with van der Waals surface area (Å²) in [6.07, 6.45) is 2.58. The number of nitrogens with one attached hydrogen (secondary N) is 1. The van der Waals surface area contributed by atoms with E-state index in [1.165, 1.54) is 31.6 Å². The lowest BCUT2D eigenvalue weighted by Crippen LogP contribution is -2.37. The molecule has 21 heavy (non-hydrogen) atoms. The SMILES string of the molecule is CC1(C)CCN(Cc2cccc(CNC(C)(C)C)n2)CC1. The second kappa shape index (κ2) is 6.45. The molecule has 0 aromatic carbocycles. The molecule has 1 aliphatic rings. The zero-order chi connectivity index (χ0) is 15.5. The highest BCUT2D eigenvalue weighted by molar-refractivity contribution is 5.11. The normalized spacial score (nSPS) is 19.7. The van der Waals surface area contributed by atoms with E-state index in [1.54, 1.807) is 0 Å². The quantitative estimate of drug-likeness (QED) is 0.918. The average molecular weight is 289 g/mol. The average Bonchev–Trinajstić information content (AvgIpc) is 2.39. The first-order chi connectivity index (χ1) is 9.73. The fraction of sp³-hybridized carbons (Fsp3) is 0.722. The summed E-state index contributed by atoms with van der Waals surface area (Å²) in [5.74, 6) is 0. The Hall–Kier alpha value is -0.930. The third-order valence-corrected chi connectivity index (χ3v) is 4.26. The predicted octanol–water partition coefficient (Wildman–Crippen LogP) is 3.59. The van der Waals surface area contributed by atoms with Crippen LogP contribution in [-0.2, 0) is 13.1 Å². The van der Waals surface area contributed by atoms with Crippen molar-refractivity contribution in [1.29, 1.82) is 0 Å². The van der Waals surface area contributed by atoms with E-state index in [0.717, 1.165) is 18.8 Å². The third kappa shape index (κ3) is 5.76. The van der Waals surface area contributed by atoms with E-state index < -0.39 is 0 Å². The van der Waals surface area contributed by atoms with Crippen molar-refractivity contribution in [3.05, 3.63) is 29.6 Å². The number of rotatable bonds is 4. The standard InChI is InChI=1S/C18H31N3/c1-17(2,3)19-13-15-7-6-8-16(20-15)14-21-11-9-18(4,5)10-12-21/h6-8,19H,9-14H2,1-5H3. The number of pyridine rings is 1. The molecule has 3 nitrogen and oxygen atoms in total. The zero-order valence-corrected chi connectivity index (χ0v) is 14.4. The Bertz CT molecular complexity index is 450. The molecule has 1 aliphatic heterocycles. The maximum atomic E-state index is 4.80. The highest BCUT2D eigenvalue weighted by Gasteiger charge is 2.25. The van der Waals surface area contributed by atoms with Crippen LogP contribution in [0.2, 0.25) is 0 Å². The van der Waals surface area contributed by atoms with Crippen LogP contribution in [0.25, 0.3) is 0 Å². The first-order valence-electron chi connectivity index (χ1n) is 8.16. The van der Waals surface area contributed by atoms with Crippen LogP contribution in [0.3, 0.4) is 0 Å². The molecule has 0 spiro atoms. The van der Waals surface area contributed by atoms with E-state index in [0.29, 0.717) is 5.41 Å². The highest BCUT2D eigenvalue weighted by atomic mass is 15.1. The van der Waals surface area contributed by atoms with Crippen molar-refractivity contribution in [2.45, 2.75) is 66.1 Å². The van der Waals surface area contributed by atoms with Crippen molar-refractivity contribution in [2.24, 2.45) is 5.41 Å². The van der Waals surface area contributed by atoms with E-state index in [2.05, 4.69) is 63.0 Å². The first-order valence-corrected chi connectivity index (χ1v) is 8.16. The second-order valence-corrected chi connectivity index (χ2v) is 8.16. The molecular formula is C18H31N3. The van der Waals surface area contributed by atoms with Crippen LogP contribution in [0, 0.1) is 5.41 Å². The van der Waals surface area contributed by atoms with Crippen molar-refractivity contribution in [3.8, 4) is 0 Å². The fourth-order valence-electron chi connectivity index (χ4n) is 2.62. The van der Waals surface area contributed by atoms with Crippen LogP contribution in [0.15, 0.2) is 18.2 Å². The Morgan fingerprint density at radius 3 is 2.38 bits per heavy atom. The number of hydrogen-bond acceptors (Lipinski definition) is 3. The van der Waals surface area contributed by atoms with Gasteiger partial charge in [0, 0.05) is 18.6 Å². The lowest BCUT2D eigenvalue weighted by Gasteiger charge is -2.36. The van der Waals surface area contributed by atoms with Crippen LogP contribution in [0.4, 0.5) is 0 Å². The molecule has 0 radical (unpaired) electrons. The molecule has 0 unspecified atom stereocenters. The van der Waals surface area contributed by atoms with Crippen LogP contribution in [0.1, 0.15) is 58.8 Å². The van der Waals surface area contributed by atoms with Gasteiger partial charge in [0.05, 0.1) is 11.4 Å². The number of nitrogens with zero attached hydrogens (tertiary/aromatic N) is 2. The van der Waals surface area contributed by atoms with Gasteiger partial charge in [0.25, 0.3) is 0 Å². The van der Waals surface area contributed by atoms with Gasteiger partial charge in [-0.15, -0.1) is 0 Å². The smallest absolute Gasteiger partial charge is 0.0547 e. The van der Waals surface area contributed by atoms with E-state index >= 15 is 0 Å². The van der Waals surface area contributed by atoms with Gasteiger partial charge in [-0.2, -0.15) is 0 Å². The van der Waals surface area contributed by atoms with E-state index in [4.69, 9.17) is 4.98 Å². The van der Waals surface area contributed by atoms with Gasteiger partial charge >= 0.3 is 0 Å². The minimum Gasteiger partial charge on any atom is -0.306 e. The van der Waals surface area contributed by atoms with Crippen LogP contribution < -0.4 is 5.32 Å². The van der Waals surface area contributed by atoms with Crippen molar-refractivity contribution in [2.75, 3.05) is 13.1 Å².